The molecule has 1 heterocycles. The number of hydrogen-bond donors (Lipinski definition) is 1. The Morgan fingerprint density at radius 3 is 2.90 bits per heavy atom. The summed E-state index contributed by atoms with van der Waals surface area (Å²) in [6, 6.07) is 6.89. The molecule has 2 aromatic rings. The van der Waals surface area contributed by atoms with Crippen LogP contribution in [0.2, 0.25) is 0 Å². The zero-order valence-electron chi connectivity index (χ0n) is 11.3. The molecule has 1 aromatic heterocycles. The van der Waals surface area contributed by atoms with Crippen LogP contribution in [0.15, 0.2) is 35.4 Å². The molecule has 0 unspecified atom stereocenters. The van der Waals surface area contributed by atoms with Crippen LogP contribution in [0.1, 0.15) is 18.4 Å². The van der Waals surface area contributed by atoms with Gasteiger partial charge in [0.1, 0.15) is 0 Å². The maximum atomic E-state index is 12.3. The van der Waals surface area contributed by atoms with Crippen LogP contribution in [0.3, 0.4) is 0 Å². The van der Waals surface area contributed by atoms with Crippen LogP contribution in [-0.2, 0) is 10.0 Å². The molecule has 4 nitrogen and oxygen atoms in total. The maximum absolute atomic E-state index is 12.3. The third-order valence-electron chi connectivity index (χ3n) is 3.01. The zero-order chi connectivity index (χ0) is 14.6. The van der Waals surface area contributed by atoms with Crippen molar-refractivity contribution in [3.05, 3.63) is 36.0 Å². The summed E-state index contributed by atoms with van der Waals surface area (Å²) in [4.78, 5) is 4.50. The van der Waals surface area contributed by atoms with Crippen molar-refractivity contribution in [3.8, 4) is 12.3 Å². The molecule has 0 bridgehead atoms. The van der Waals surface area contributed by atoms with Gasteiger partial charge in [0, 0.05) is 24.5 Å². The van der Waals surface area contributed by atoms with Gasteiger partial charge in [0.05, 0.1) is 10.4 Å². The van der Waals surface area contributed by atoms with E-state index in [-0.39, 0.29) is 4.90 Å². The van der Waals surface area contributed by atoms with Gasteiger partial charge < -0.3 is 0 Å². The van der Waals surface area contributed by atoms with Crippen molar-refractivity contribution in [2.75, 3.05) is 6.54 Å². The minimum atomic E-state index is -3.54. The number of pyridine rings is 1. The molecule has 0 atom stereocenters. The lowest BCUT2D eigenvalue weighted by Gasteiger charge is -2.10. The molecular weight excluding hydrogens is 272 g/mol. The molecule has 0 radical (unpaired) electrons. The van der Waals surface area contributed by atoms with Crippen molar-refractivity contribution >= 4 is 20.9 Å². The van der Waals surface area contributed by atoms with E-state index in [1.54, 1.807) is 30.5 Å². The van der Waals surface area contributed by atoms with Crippen molar-refractivity contribution in [1.82, 2.24) is 9.71 Å². The van der Waals surface area contributed by atoms with E-state index in [4.69, 9.17) is 6.42 Å². The Morgan fingerprint density at radius 1 is 1.35 bits per heavy atom. The van der Waals surface area contributed by atoms with Gasteiger partial charge in [-0.3, -0.25) is 4.98 Å². The van der Waals surface area contributed by atoms with Crippen LogP contribution >= 0.6 is 0 Å². The maximum Gasteiger partial charge on any atom is 0.241 e. The average Bonchev–Trinajstić information content (AvgIpc) is 2.44. The van der Waals surface area contributed by atoms with Crippen LogP contribution < -0.4 is 4.72 Å². The first-order valence-corrected chi connectivity index (χ1v) is 7.82. The third kappa shape index (κ3) is 2.98. The number of benzene rings is 1. The molecule has 0 amide bonds. The largest absolute Gasteiger partial charge is 0.256 e. The quantitative estimate of drug-likeness (QED) is 0.678. The van der Waals surface area contributed by atoms with Gasteiger partial charge >= 0.3 is 0 Å². The molecule has 0 fully saturated rings. The molecule has 0 aliphatic rings. The number of nitrogens with one attached hydrogen (secondary N) is 1. The number of hydrogen-bond acceptors (Lipinski definition) is 3. The number of fused-ring (bicyclic) bond motifs is 1. The third-order valence-corrected chi connectivity index (χ3v) is 4.53. The summed E-state index contributed by atoms with van der Waals surface area (Å²) in [5.41, 5.74) is 1.66. The Kier molecular flexibility index (Phi) is 4.38. The number of aryl methyl sites for hydroxylation is 1. The number of unbranched alkanes of at least 4 members (excludes halogenated alkanes) is 1. The van der Waals surface area contributed by atoms with E-state index in [9.17, 15) is 8.42 Å². The smallest absolute Gasteiger partial charge is 0.241 e. The highest BCUT2D eigenvalue weighted by molar-refractivity contribution is 7.89. The predicted molar refractivity (Wildman–Crippen MR) is 79.7 cm³/mol. The molecule has 20 heavy (non-hydrogen) atoms. The fraction of sp³-hybridized carbons (Fsp3) is 0.267. The second-order valence-electron chi connectivity index (χ2n) is 4.49. The van der Waals surface area contributed by atoms with E-state index < -0.39 is 10.0 Å². The second-order valence-corrected chi connectivity index (χ2v) is 6.22. The number of aromatic nitrogens is 1. The van der Waals surface area contributed by atoms with Crippen LogP contribution in [-0.4, -0.2) is 19.9 Å². The predicted octanol–water partition coefficient (Wildman–Crippen LogP) is 2.23. The summed E-state index contributed by atoms with van der Waals surface area (Å²) >= 11 is 0. The molecule has 0 saturated carbocycles. The van der Waals surface area contributed by atoms with E-state index in [0.29, 0.717) is 30.3 Å². The Balaban J connectivity index is 2.38. The molecule has 104 valence electrons. The molecule has 1 N–H and O–H groups in total. The number of terminal acetylenes is 1. The first-order chi connectivity index (χ1) is 9.56. The average molecular weight is 288 g/mol. The SMILES string of the molecule is C#CCCCNS(=O)(=O)c1ccc(C)c2ncccc12. The van der Waals surface area contributed by atoms with Crippen molar-refractivity contribution in [2.45, 2.75) is 24.7 Å². The summed E-state index contributed by atoms with van der Waals surface area (Å²) in [5.74, 6) is 2.49. The zero-order valence-corrected chi connectivity index (χ0v) is 12.1. The minimum Gasteiger partial charge on any atom is -0.256 e. The first kappa shape index (κ1) is 14.5. The highest BCUT2D eigenvalue weighted by Gasteiger charge is 2.17. The Morgan fingerprint density at radius 2 is 2.15 bits per heavy atom. The Hall–Kier alpha value is -1.90. The van der Waals surface area contributed by atoms with Crippen molar-refractivity contribution in [1.29, 1.82) is 0 Å². The van der Waals surface area contributed by atoms with E-state index in [1.165, 1.54) is 0 Å². The lowest BCUT2D eigenvalue weighted by molar-refractivity contribution is 0.580. The molecule has 1 aromatic carbocycles. The van der Waals surface area contributed by atoms with E-state index in [0.717, 1.165) is 5.56 Å². The lowest BCUT2D eigenvalue weighted by Crippen LogP contribution is -2.25. The van der Waals surface area contributed by atoms with Gasteiger partial charge in [-0.2, -0.15) is 0 Å². The minimum absolute atomic E-state index is 0.256. The number of sulfonamides is 1. The molecule has 2 rings (SSSR count). The van der Waals surface area contributed by atoms with Gasteiger partial charge in [-0.25, -0.2) is 13.1 Å². The van der Waals surface area contributed by atoms with E-state index >= 15 is 0 Å². The normalized spacial score (nSPS) is 11.4. The van der Waals surface area contributed by atoms with Crippen molar-refractivity contribution in [2.24, 2.45) is 0 Å². The van der Waals surface area contributed by atoms with Gasteiger partial charge in [0.25, 0.3) is 0 Å². The molecule has 0 saturated heterocycles. The van der Waals surface area contributed by atoms with Gasteiger partial charge in [-0.05, 0) is 37.1 Å². The second kappa shape index (κ2) is 6.04. The summed E-state index contributed by atoms with van der Waals surface area (Å²) in [7, 11) is -3.54. The highest BCUT2D eigenvalue weighted by atomic mass is 32.2. The molecule has 0 aliphatic heterocycles. The van der Waals surface area contributed by atoms with E-state index in [2.05, 4.69) is 15.6 Å². The summed E-state index contributed by atoms with van der Waals surface area (Å²) in [6.07, 6.45) is 7.98. The fourth-order valence-corrected chi connectivity index (χ4v) is 3.27. The van der Waals surface area contributed by atoms with Crippen molar-refractivity contribution < 1.29 is 8.42 Å². The van der Waals surface area contributed by atoms with Crippen LogP contribution in [0.25, 0.3) is 10.9 Å². The van der Waals surface area contributed by atoms with Gasteiger partial charge in [0.2, 0.25) is 10.0 Å². The number of rotatable bonds is 5. The van der Waals surface area contributed by atoms with Crippen LogP contribution in [0, 0.1) is 19.3 Å². The summed E-state index contributed by atoms with van der Waals surface area (Å²) in [5, 5.41) is 0.636. The molecule has 5 heteroatoms. The lowest BCUT2D eigenvalue weighted by atomic mass is 10.1. The topological polar surface area (TPSA) is 59.1 Å². The Labute approximate surface area is 119 Å². The first-order valence-electron chi connectivity index (χ1n) is 6.34. The van der Waals surface area contributed by atoms with E-state index in [1.807, 2.05) is 6.92 Å². The fourth-order valence-electron chi connectivity index (χ4n) is 2.00. The van der Waals surface area contributed by atoms with Gasteiger partial charge in [-0.1, -0.05) is 6.07 Å². The number of nitrogens with zero attached hydrogens (tertiary/aromatic N) is 1. The van der Waals surface area contributed by atoms with Crippen molar-refractivity contribution in [3.63, 3.8) is 0 Å². The monoisotopic (exact) mass is 288 g/mol. The molecular formula is C15H16N2O2S. The summed E-state index contributed by atoms with van der Waals surface area (Å²) < 4.78 is 27.2. The molecule has 0 aliphatic carbocycles. The van der Waals surface area contributed by atoms with Crippen LogP contribution in [0.5, 0.6) is 0 Å². The Bertz CT molecular complexity index is 761. The highest BCUT2D eigenvalue weighted by Crippen LogP contribution is 2.23. The van der Waals surface area contributed by atoms with Crippen LogP contribution in [0.4, 0.5) is 0 Å². The standard InChI is InChI=1S/C15H16N2O2S/c1-3-4-5-11-17-20(18,19)14-9-8-12(2)15-13(14)7-6-10-16-15/h1,6-10,17H,4-5,11H2,2H3. The molecule has 0 spiro atoms. The van der Waals surface area contributed by atoms with Gasteiger partial charge in [-0.15, -0.1) is 12.3 Å². The van der Waals surface area contributed by atoms with Gasteiger partial charge in [0.15, 0.2) is 0 Å². The summed E-state index contributed by atoms with van der Waals surface area (Å²) in [6.45, 7) is 2.24.